The Kier molecular flexibility index (Phi) is 4.03. The topological polar surface area (TPSA) is 59.2 Å². The van der Waals surface area contributed by atoms with Crippen molar-refractivity contribution in [2.75, 3.05) is 13.1 Å². The fourth-order valence-electron chi connectivity index (χ4n) is 2.63. The number of fused-ring (bicyclic) bond motifs is 1. The Bertz CT molecular complexity index is 623. The van der Waals surface area contributed by atoms with Crippen LogP contribution in [0, 0.1) is 0 Å². The molecule has 1 unspecified atom stereocenters. The summed E-state index contributed by atoms with van der Waals surface area (Å²) >= 11 is 1.46. The Labute approximate surface area is 128 Å². The molecule has 1 aromatic heterocycles. The molecule has 5 heteroatoms. The van der Waals surface area contributed by atoms with E-state index < -0.39 is 0 Å². The largest absolute Gasteiger partial charge is 0.337 e. The number of rotatable bonds is 2. The van der Waals surface area contributed by atoms with E-state index in [-0.39, 0.29) is 11.9 Å². The van der Waals surface area contributed by atoms with Crippen molar-refractivity contribution in [2.24, 2.45) is 5.73 Å². The fraction of sp³-hybridized carbons (Fsp3) is 0.375. The maximum atomic E-state index is 12.6. The van der Waals surface area contributed by atoms with Gasteiger partial charge in [-0.25, -0.2) is 4.98 Å². The van der Waals surface area contributed by atoms with Crippen LogP contribution >= 0.6 is 11.3 Å². The zero-order chi connectivity index (χ0) is 14.8. The Morgan fingerprint density at radius 3 is 2.43 bits per heavy atom. The first kappa shape index (κ1) is 14.2. The minimum absolute atomic E-state index is 0.0194. The molecule has 0 saturated heterocycles. The number of nitrogens with zero attached hydrogens (tertiary/aromatic N) is 2. The Morgan fingerprint density at radius 1 is 1.29 bits per heavy atom. The second-order valence-corrected chi connectivity index (χ2v) is 6.31. The third kappa shape index (κ3) is 2.99. The fourth-order valence-corrected chi connectivity index (χ4v) is 3.38. The predicted molar refractivity (Wildman–Crippen MR) is 84.5 cm³/mol. The minimum atomic E-state index is -0.120. The second-order valence-electron chi connectivity index (χ2n) is 5.42. The molecule has 0 bridgehead atoms. The van der Waals surface area contributed by atoms with E-state index in [0.717, 1.165) is 30.9 Å². The molecule has 0 fully saturated rings. The van der Waals surface area contributed by atoms with Gasteiger partial charge in [0, 0.05) is 18.5 Å². The van der Waals surface area contributed by atoms with Gasteiger partial charge in [0.05, 0.1) is 6.04 Å². The maximum absolute atomic E-state index is 12.6. The van der Waals surface area contributed by atoms with Crippen molar-refractivity contribution in [2.45, 2.75) is 25.8 Å². The zero-order valence-electron chi connectivity index (χ0n) is 12.1. The van der Waals surface area contributed by atoms with Crippen LogP contribution in [0.25, 0.3) is 0 Å². The van der Waals surface area contributed by atoms with Crippen LogP contribution in [0.15, 0.2) is 29.6 Å². The van der Waals surface area contributed by atoms with Crippen LogP contribution in [-0.4, -0.2) is 28.9 Å². The molecule has 0 saturated carbocycles. The SMILES string of the molecule is CC(N)c1nc(C(=O)N2CCc3ccccc3CC2)cs1. The third-order valence-electron chi connectivity index (χ3n) is 3.84. The van der Waals surface area contributed by atoms with Crippen molar-refractivity contribution >= 4 is 17.2 Å². The smallest absolute Gasteiger partial charge is 0.273 e. The Morgan fingerprint density at radius 2 is 1.90 bits per heavy atom. The average Bonchev–Trinajstić information content (AvgIpc) is 2.88. The number of amides is 1. The summed E-state index contributed by atoms with van der Waals surface area (Å²) in [4.78, 5) is 18.8. The summed E-state index contributed by atoms with van der Waals surface area (Å²) in [7, 11) is 0. The molecule has 2 N–H and O–H groups in total. The van der Waals surface area contributed by atoms with Gasteiger partial charge < -0.3 is 10.6 Å². The van der Waals surface area contributed by atoms with Crippen molar-refractivity contribution in [3.63, 3.8) is 0 Å². The number of aromatic nitrogens is 1. The van der Waals surface area contributed by atoms with Gasteiger partial charge in [0.1, 0.15) is 10.7 Å². The van der Waals surface area contributed by atoms with Crippen LogP contribution < -0.4 is 5.73 Å². The summed E-state index contributed by atoms with van der Waals surface area (Å²) in [6.07, 6.45) is 1.82. The maximum Gasteiger partial charge on any atom is 0.273 e. The lowest BCUT2D eigenvalue weighted by Gasteiger charge is -2.18. The highest BCUT2D eigenvalue weighted by molar-refractivity contribution is 7.09. The molecule has 0 spiro atoms. The van der Waals surface area contributed by atoms with Gasteiger partial charge in [-0.15, -0.1) is 11.3 Å². The Hall–Kier alpha value is -1.72. The highest BCUT2D eigenvalue weighted by atomic mass is 32.1. The molecule has 1 aromatic carbocycles. The molecule has 1 atom stereocenters. The van der Waals surface area contributed by atoms with Crippen LogP contribution in [-0.2, 0) is 12.8 Å². The van der Waals surface area contributed by atoms with Gasteiger partial charge in [0.15, 0.2) is 0 Å². The molecule has 4 nitrogen and oxygen atoms in total. The predicted octanol–water partition coefficient (Wildman–Crippen LogP) is 2.40. The van der Waals surface area contributed by atoms with Crippen molar-refractivity contribution in [3.05, 3.63) is 51.5 Å². The van der Waals surface area contributed by atoms with E-state index in [1.165, 1.54) is 22.5 Å². The number of carbonyl (C=O) groups excluding carboxylic acids is 1. The van der Waals surface area contributed by atoms with Gasteiger partial charge >= 0.3 is 0 Å². The van der Waals surface area contributed by atoms with E-state index in [1.807, 2.05) is 17.2 Å². The van der Waals surface area contributed by atoms with E-state index >= 15 is 0 Å². The summed E-state index contributed by atoms with van der Waals surface area (Å²) in [6.45, 7) is 3.39. The molecule has 2 heterocycles. The molecule has 0 aliphatic carbocycles. The van der Waals surface area contributed by atoms with Gasteiger partial charge in [-0.05, 0) is 30.9 Å². The lowest BCUT2D eigenvalue weighted by atomic mass is 10.0. The van der Waals surface area contributed by atoms with Crippen molar-refractivity contribution in [1.29, 1.82) is 0 Å². The van der Waals surface area contributed by atoms with E-state index in [1.54, 1.807) is 0 Å². The molecular weight excluding hydrogens is 282 g/mol. The van der Waals surface area contributed by atoms with Crippen molar-refractivity contribution < 1.29 is 4.79 Å². The lowest BCUT2D eigenvalue weighted by molar-refractivity contribution is 0.0758. The lowest BCUT2D eigenvalue weighted by Crippen LogP contribution is -2.33. The third-order valence-corrected chi connectivity index (χ3v) is 4.88. The highest BCUT2D eigenvalue weighted by Crippen LogP contribution is 2.20. The van der Waals surface area contributed by atoms with Gasteiger partial charge in [-0.3, -0.25) is 4.79 Å². The zero-order valence-corrected chi connectivity index (χ0v) is 12.9. The van der Waals surface area contributed by atoms with Crippen molar-refractivity contribution in [1.82, 2.24) is 9.88 Å². The number of carbonyl (C=O) groups is 1. The molecule has 0 radical (unpaired) electrons. The van der Waals surface area contributed by atoms with E-state index in [2.05, 4.69) is 29.2 Å². The van der Waals surface area contributed by atoms with Gasteiger partial charge in [0.25, 0.3) is 5.91 Å². The average molecular weight is 301 g/mol. The quantitative estimate of drug-likeness (QED) is 0.926. The standard InChI is InChI=1S/C16H19N3OS/c1-11(17)15-18-14(10-21-15)16(20)19-8-6-12-4-2-3-5-13(12)7-9-19/h2-5,10-11H,6-9,17H2,1H3. The molecule has 1 aliphatic rings. The number of nitrogens with two attached hydrogens (primary N) is 1. The summed E-state index contributed by atoms with van der Waals surface area (Å²) in [5.41, 5.74) is 9.04. The van der Waals surface area contributed by atoms with Crippen LogP contribution in [0.1, 0.15) is 39.6 Å². The molecule has 21 heavy (non-hydrogen) atoms. The normalized spacial score (nSPS) is 16.2. The monoisotopic (exact) mass is 301 g/mol. The van der Waals surface area contributed by atoms with E-state index in [4.69, 9.17) is 5.73 Å². The number of thiazole rings is 1. The first-order valence-electron chi connectivity index (χ1n) is 7.22. The number of benzene rings is 1. The summed E-state index contributed by atoms with van der Waals surface area (Å²) in [5, 5.41) is 2.63. The highest BCUT2D eigenvalue weighted by Gasteiger charge is 2.22. The van der Waals surface area contributed by atoms with E-state index in [9.17, 15) is 4.79 Å². The van der Waals surface area contributed by atoms with Crippen LogP contribution in [0.3, 0.4) is 0 Å². The first-order chi connectivity index (χ1) is 10.1. The summed E-state index contributed by atoms with van der Waals surface area (Å²) in [6, 6.07) is 8.31. The molecular formula is C16H19N3OS. The minimum Gasteiger partial charge on any atom is -0.337 e. The Balaban J connectivity index is 1.74. The molecule has 110 valence electrons. The van der Waals surface area contributed by atoms with E-state index in [0.29, 0.717) is 5.69 Å². The first-order valence-corrected chi connectivity index (χ1v) is 8.10. The van der Waals surface area contributed by atoms with Crippen molar-refractivity contribution in [3.8, 4) is 0 Å². The molecule has 1 aliphatic heterocycles. The van der Waals surface area contributed by atoms with Crippen LogP contribution in [0.4, 0.5) is 0 Å². The molecule has 3 rings (SSSR count). The summed E-state index contributed by atoms with van der Waals surface area (Å²) in [5.74, 6) is 0.0194. The number of hydrogen-bond donors (Lipinski definition) is 1. The molecule has 1 amide bonds. The van der Waals surface area contributed by atoms with Crippen LogP contribution in [0.5, 0.6) is 0 Å². The summed E-state index contributed by atoms with van der Waals surface area (Å²) < 4.78 is 0. The van der Waals surface area contributed by atoms with Gasteiger partial charge in [0.2, 0.25) is 0 Å². The van der Waals surface area contributed by atoms with Crippen LogP contribution in [0.2, 0.25) is 0 Å². The second kappa shape index (κ2) is 5.95. The van der Waals surface area contributed by atoms with Gasteiger partial charge in [-0.2, -0.15) is 0 Å². The van der Waals surface area contributed by atoms with Gasteiger partial charge in [-0.1, -0.05) is 24.3 Å². The number of hydrogen-bond acceptors (Lipinski definition) is 4. The molecule has 2 aromatic rings.